The third-order valence-electron chi connectivity index (χ3n) is 4.09. The van der Waals surface area contributed by atoms with Gasteiger partial charge in [0.15, 0.2) is 18.1 Å². The van der Waals surface area contributed by atoms with E-state index in [4.69, 9.17) is 25.8 Å². The lowest BCUT2D eigenvalue weighted by Gasteiger charge is -2.10. The van der Waals surface area contributed by atoms with Crippen molar-refractivity contribution in [1.29, 1.82) is 0 Å². The van der Waals surface area contributed by atoms with Gasteiger partial charge in [-0.2, -0.15) is 0 Å². The van der Waals surface area contributed by atoms with Crippen LogP contribution >= 0.6 is 11.6 Å². The Kier molecular flexibility index (Phi) is 5.66. The maximum atomic E-state index is 12.0. The van der Waals surface area contributed by atoms with E-state index < -0.39 is 11.9 Å². The molecule has 27 heavy (non-hydrogen) atoms. The predicted molar refractivity (Wildman–Crippen MR) is 102 cm³/mol. The summed E-state index contributed by atoms with van der Waals surface area (Å²) in [6.45, 7) is 3.60. The smallest absolute Gasteiger partial charge is 0.331 e. The summed E-state index contributed by atoms with van der Waals surface area (Å²) in [6, 6.07) is 8.95. The number of anilines is 1. The van der Waals surface area contributed by atoms with Crippen molar-refractivity contribution in [3.63, 3.8) is 0 Å². The summed E-state index contributed by atoms with van der Waals surface area (Å²) in [5, 5.41) is 3.12. The fourth-order valence-electron chi connectivity index (χ4n) is 2.51. The number of esters is 1. The molecule has 1 N–H and O–H groups in total. The largest absolute Gasteiger partial charge is 0.454 e. The summed E-state index contributed by atoms with van der Waals surface area (Å²) in [6.07, 6.45) is 2.75. The zero-order valence-corrected chi connectivity index (χ0v) is 15.6. The number of amides is 1. The molecule has 7 heteroatoms. The van der Waals surface area contributed by atoms with Gasteiger partial charge in [-0.25, -0.2) is 4.79 Å². The molecule has 0 radical (unpaired) electrons. The summed E-state index contributed by atoms with van der Waals surface area (Å²) >= 11 is 6.09. The number of aryl methyl sites for hydroxylation is 1. The Bertz CT molecular complexity index is 923. The zero-order chi connectivity index (χ0) is 19.4. The lowest BCUT2D eigenvalue weighted by Crippen LogP contribution is -2.20. The highest BCUT2D eigenvalue weighted by atomic mass is 35.5. The first-order valence-electron chi connectivity index (χ1n) is 8.24. The van der Waals surface area contributed by atoms with Gasteiger partial charge >= 0.3 is 5.97 Å². The number of hydrogen-bond acceptors (Lipinski definition) is 5. The molecule has 0 saturated carbocycles. The maximum Gasteiger partial charge on any atom is 0.331 e. The van der Waals surface area contributed by atoms with E-state index in [1.165, 1.54) is 12.2 Å². The average Bonchev–Trinajstić information content (AvgIpc) is 3.11. The number of ether oxygens (including phenoxy) is 3. The lowest BCUT2D eigenvalue weighted by atomic mass is 10.1. The third kappa shape index (κ3) is 4.60. The summed E-state index contributed by atoms with van der Waals surface area (Å²) in [7, 11) is 0. The van der Waals surface area contributed by atoms with E-state index in [-0.39, 0.29) is 13.4 Å². The molecule has 0 fully saturated rings. The molecule has 0 aliphatic carbocycles. The highest BCUT2D eigenvalue weighted by molar-refractivity contribution is 6.32. The molecule has 2 aromatic carbocycles. The van der Waals surface area contributed by atoms with E-state index >= 15 is 0 Å². The van der Waals surface area contributed by atoms with Gasteiger partial charge < -0.3 is 19.5 Å². The molecular formula is C20H18ClNO5. The first kappa shape index (κ1) is 18.8. The Labute approximate surface area is 161 Å². The summed E-state index contributed by atoms with van der Waals surface area (Å²) < 4.78 is 15.5. The molecule has 6 nitrogen and oxygen atoms in total. The van der Waals surface area contributed by atoms with Crippen LogP contribution in [-0.4, -0.2) is 25.3 Å². The van der Waals surface area contributed by atoms with Crippen molar-refractivity contribution in [3.05, 3.63) is 58.1 Å². The number of benzene rings is 2. The molecule has 2 aromatic rings. The van der Waals surface area contributed by atoms with Crippen molar-refractivity contribution in [2.24, 2.45) is 0 Å². The molecule has 140 valence electrons. The molecule has 1 aliphatic rings. The topological polar surface area (TPSA) is 73.9 Å². The van der Waals surface area contributed by atoms with E-state index in [2.05, 4.69) is 5.32 Å². The molecule has 0 unspecified atom stereocenters. The van der Waals surface area contributed by atoms with Gasteiger partial charge in [-0.3, -0.25) is 4.79 Å². The first-order valence-corrected chi connectivity index (χ1v) is 8.62. The SMILES string of the molecule is Cc1cccc(NC(=O)COC(=O)/C=C/c2cc(Cl)c3c(c2)OCO3)c1C. The standard InChI is InChI=1S/C20H18ClNO5/c1-12-4-3-5-16(13(12)2)22-18(23)10-25-19(24)7-6-14-8-15(21)20-17(9-14)26-11-27-20/h3-9H,10-11H2,1-2H3,(H,22,23)/b7-6+. The van der Waals surface area contributed by atoms with Crippen molar-refractivity contribution in [2.45, 2.75) is 13.8 Å². The monoisotopic (exact) mass is 387 g/mol. The normalized spacial score (nSPS) is 12.3. The minimum absolute atomic E-state index is 0.111. The number of fused-ring (bicyclic) bond motifs is 1. The summed E-state index contributed by atoms with van der Waals surface area (Å²) in [5.41, 5.74) is 3.38. The van der Waals surface area contributed by atoms with Crippen LogP contribution in [0.15, 0.2) is 36.4 Å². The van der Waals surface area contributed by atoms with Gasteiger partial charge in [-0.15, -0.1) is 0 Å². The van der Waals surface area contributed by atoms with Gasteiger partial charge in [0.25, 0.3) is 5.91 Å². The van der Waals surface area contributed by atoms with E-state index in [1.807, 2.05) is 26.0 Å². The number of nitrogens with one attached hydrogen (secondary N) is 1. The van der Waals surface area contributed by atoms with Crippen LogP contribution in [0.5, 0.6) is 11.5 Å². The fourth-order valence-corrected chi connectivity index (χ4v) is 2.78. The van der Waals surface area contributed by atoms with Crippen LogP contribution in [0, 0.1) is 13.8 Å². The molecule has 1 aliphatic heterocycles. The molecular weight excluding hydrogens is 370 g/mol. The second-order valence-corrected chi connectivity index (χ2v) is 6.38. The van der Waals surface area contributed by atoms with Crippen molar-refractivity contribution in [1.82, 2.24) is 0 Å². The highest BCUT2D eigenvalue weighted by Gasteiger charge is 2.17. The summed E-state index contributed by atoms with van der Waals surface area (Å²) in [5.74, 6) is -0.0422. The van der Waals surface area contributed by atoms with Crippen molar-refractivity contribution in [2.75, 3.05) is 18.7 Å². The van der Waals surface area contributed by atoms with Gasteiger partial charge in [-0.05, 0) is 54.8 Å². The van der Waals surface area contributed by atoms with Crippen LogP contribution < -0.4 is 14.8 Å². The Hall–Kier alpha value is -2.99. The van der Waals surface area contributed by atoms with Crippen molar-refractivity contribution >= 4 is 35.2 Å². The Morgan fingerprint density at radius 1 is 1.26 bits per heavy atom. The number of carbonyl (C=O) groups is 2. The molecule has 1 heterocycles. The number of rotatable bonds is 5. The van der Waals surface area contributed by atoms with E-state index in [0.29, 0.717) is 27.8 Å². The van der Waals surface area contributed by atoms with E-state index in [0.717, 1.165) is 11.1 Å². The van der Waals surface area contributed by atoms with Gasteiger partial charge in [-0.1, -0.05) is 23.7 Å². The Morgan fingerprint density at radius 2 is 2.07 bits per heavy atom. The molecule has 1 amide bonds. The summed E-state index contributed by atoms with van der Waals surface area (Å²) in [4.78, 5) is 23.8. The van der Waals surface area contributed by atoms with Crippen LogP contribution in [0.2, 0.25) is 5.02 Å². The van der Waals surface area contributed by atoms with Crippen molar-refractivity contribution < 1.29 is 23.8 Å². The fraction of sp³-hybridized carbons (Fsp3) is 0.200. The molecule has 3 rings (SSSR count). The van der Waals surface area contributed by atoms with Gasteiger partial charge in [0.1, 0.15) is 0 Å². The minimum atomic E-state index is -0.639. The van der Waals surface area contributed by atoms with Crippen LogP contribution in [0.3, 0.4) is 0 Å². The van der Waals surface area contributed by atoms with Gasteiger partial charge in [0, 0.05) is 11.8 Å². The minimum Gasteiger partial charge on any atom is -0.454 e. The number of hydrogen-bond donors (Lipinski definition) is 1. The van der Waals surface area contributed by atoms with E-state index in [1.54, 1.807) is 18.2 Å². The quantitative estimate of drug-likeness (QED) is 0.622. The zero-order valence-electron chi connectivity index (χ0n) is 14.9. The third-order valence-corrected chi connectivity index (χ3v) is 4.37. The Balaban J connectivity index is 1.54. The Morgan fingerprint density at radius 3 is 2.89 bits per heavy atom. The maximum absolute atomic E-state index is 12.0. The number of carbonyl (C=O) groups excluding carboxylic acids is 2. The second kappa shape index (κ2) is 8.14. The van der Waals surface area contributed by atoms with Gasteiger partial charge in [0.05, 0.1) is 5.02 Å². The van der Waals surface area contributed by atoms with Crippen LogP contribution in [0.25, 0.3) is 6.08 Å². The van der Waals surface area contributed by atoms with Crippen molar-refractivity contribution in [3.8, 4) is 11.5 Å². The molecule has 0 aromatic heterocycles. The van der Waals surface area contributed by atoms with Crippen LogP contribution in [0.4, 0.5) is 5.69 Å². The number of halogens is 1. The van der Waals surface area contributed by atoms with Gasteiger partial charge in [0.2, 0.25) is 6.79 Å². The molecule has 0 spiro atoms. The molecule has 0 atom stereocenters. The molecule has 0 saturated heterocycles. The van der Waals surface area contributed by atoms with Crippen LogP contribution in [-0.2, 0) is 14.3 Å². The highest BCUT2D eigenvalue weighted by Crippen LogP contribution is 2.40. The predicted octanol–water partition coefficient (Wildman–Crippen LogP) is 3.88. The first-order chi connectivity index (χ1) is 12.9. The van der Waals surface area contributed by atoms with Crippen LogP contribution in [0.1, 0.15) is 16.7 Å². The lowest BCUT2D eigenvalue weighted by molar-refractivity contribution is -0.142. The second-order valence-electron chi connectivity index (χ2n) is 5.97. The van der Waals surface area contributed by atoms with E-state index in [9.17, 15) is 9.59 Å². The average molecular weight is 388 g/mol. The molecule has 0 bridgehead atoms.